The minimum atomic E-state index is -1.64. The van der Waals surface area contributed by atoms with E-state index in [1.165, 1.54) is 83.5 Å². The topological polar surface area (TPSA) is 175 Å². The van der Waals surface area contributed by atoms with Crippen LogP contribution in [0.5, 0.6) is 0 Å². The summed E-state index contributed by atoms with van der Waals surface area (Å²) < 4.78 is 17.4. The van der Waals surface area contributed by atoms with Crippen LogP contribution in [0.2, 0.25) is 0 Å². The number of amides is 1. The molecule has 11 heteroatoms. The summed E-state index contributed by atoms with van der Waals surface area (Å²) in [4.78, 5) is 26.3. The first-order valence-corrected chi connectivity index (χ1v) is 26.9. The molecule has 0 radical (unpaired) electrons. The van der Waals surface area contributed by atoms with Gasteiger partial charge in [-0.1, -0.05) is 215 Å². The molecular formula is C57H97NO10. The van der Waals surface area contributed by atoms with E-state index in [0.717, 1.165) is 70.6 Å². The molecule has 68 heavy (non-hydrogen) atoms. The third-order valence-electron chi connectivity index (χ3n) is 12.1. The molecule has 0 spiro atoms. The van der Waals surface area contributed by atoms with Crippen LogP contribution < -0.4 is 5.32 Å². The summed E-state index contributed by atoms with van der Waals surface area (Å²) in [6.07, 6.45) is 46.4. The highest BCUT2D eigenvalue weighted by molar-refractivity contribution is 5.80. The van der Waals surface area contributed by atoms with Gasteiger partial charge in [0.15, 0.2) is 12.4 Å². The summed E-state index contributed by atoms with van der Waals surface area (Å²) >= 11 is 0. The maximum Gasteiger partial charge on any atom is 0.306 e. The van der Waals surface area contributed by atoms with Crippen molar-refractivity contribution in [3.63, 3.8) is 0 Å². The number of aliphatic hydroxyl groups excluding tert-OH is 5. The first-order chi connectivity index (χ1) is 33.2. The summed E-state index contributed by atoms with van der Waals surface area (Å²) in [6, 6.07) is -1.05. The van der Waals surface area contributed by atoms with Crippen molar-refractivity contribution in [2.75, 3.05) is 13.2 Å². The van der Waals surface area contributed by atoms with E-state index in [0.29, 0.717) is 12.8 Å². The van der Waals surface area contributed by atoms with Gasteiger partial charge in [0.05, 0.1) is 25.4 Å². The third kappa shape index (κ3) is 33.4. The predicted octanol–water partition coefficient (Wildman–Crippen LogP) is 11.4. The van der Waals surface area contributed by atoms with Crippen LogP contribution in [0.4, 0.5) is 0 Å². The van der Waals surface area contributed by atoms with Crippen LogP contribution >= 0.6 is 0 Å². The van der Waals surface area contributed by atoms with Gasteiger partial charge in [-0.2, -0.15) is 0 Å². The minimum Gasteiger partial charge on any atom is -0.454 e. The second kappa shape index (κ2) is 45.0. The van der Waals surface area contributed by atoms with Gasteiger partial charge >= 0.3 is 5.97 Å². The largest absolute Gasteiger partial charge is 0.454 e. The number of hydrogen-bond acceptors (Lipinski definition) is 10. The van der Waals surface area contributed by atoms with Crippen molar-refractivity contribution in [1.29, 1.82) is 0 Å². The van der Waals surface area contributed by atoms with E-state index in [-0.39, 0.29) is 19.4 Å². The highest BCUT2D eigenvalue weighted by Gasteiger charge is 2.47. The Morgan fingerprint density at radius 2 is 1.12 bits per heavy atom. The van der Waals surface area contributed by atoms with Crippen molar-refractivity contribution in [1.82, 2.24) is 5.32 Å². The summed E-state index contributed by atoms with van der Waals surface area (Å²) in [5.74, 6) is -1.30. The van der Waals surface area contributed by atoms with Gasteiger partial charge in [-0.15, -0.1) is 0 Å². The lowest BCUT2D eigenvalue weighted by Gasteiger charge is -2.41. The Kier molecular flexibility index (Phi) is 41.6. The molecule has 0 bridgehead atoms. The molecule has 1 rings (SSSR count). The number of aliphatic hydroxyl groups is 5. The van der Waals surface area contributed by atoms with Gasteiger partial charge in [0.2, 0.25) is 5.91 Å². The molecule has 6 N–H and O–H groups in total. The molecule has 0 saturated carbocycles. The van der Waals surface area contributed by atoms with Crippen molar-refractivity contribution in [2.24, 2.45) is 0 Å². The maximum atomic E-state index is 13.3. The Bertz CT molecular complexity index is 1420. The molecule has 1 aliphatic rings. The molecule has 11 nitrogen and oxygen atoms in total. The van der Waals surface area contributed by atoms with Crippen LogP contribution in [-0.2, 0) is 23.8 Å². The Balaban J connectivity index is 2.83. The molecule has 1 amide bonds. The quantitative estimate of drug-likeness (QED) is 0.0149. The number of ether oxygens (including phenoxy) is 3. The van der Waals surface area contributed by atoms with Gasteiger partial charge in [-0.25, -0.2) is 0 Å². The Labute approximate surface area is 413 Å². The zero-order valence-corrected chi connectivity index (χ0v) is 42.7. The molecular weight excluding hydrogens is 859 g/mol. The standard InChI is InChI=1S/C57H97NO10/c1-4-7-10-13-16-19-22-25-27-29-32-35-38-41-44-50(61)56(65)58-48(49(60)43-40-37-34-31-28-24-21-18-15-12-9-6-3)47-66-57-55(54(64)53(63)51(46-59)67-57)68-52(62)45-42-39-36-33-30-26-23-20-17-14-11-8-5-2/h7,10,13,16,19,22,25-27,30,36,39-40,43,48-51,53-55,57,59-61,63-64H,4-6,8-9,11-12,14-15,17-18,20-21,23-24,28-29,31-35,37-38,41-42,44-47H2,1-3H3,(H,58,65)/b10-7+,16-13+,22-19+,27-25-,30-26-,39-36+,43-40+. The van der Waals surface area contributed by atoms with E-state index in [1.54, 1.807) is 6.08 Å². The predicted molar refractivity (Wildman–Crippen MR) is 278 cm³/mol. The molecule has 1 heterocycles. The number of rotatable bonds is 43. The normalized spacial score (nSPS) is 20.6. The van der Waals surface area contributed by atoms with Crippen LogP contribution in [0.3, 0.4) is 0 Å². The summed E-state index contributed by atoms with van der Waals surface area (Å²) in [5, 5.41) is 56.6. The molecule has 0 aliphatic carbocycles. The molecule has 8 atom stereocenters. The van der Waals surface area contributed by atoms with E-state index in [2.05, 4.69) is 50.4 Å². The van der Waals surface area contributed by atoms with E-state index in [9.17, 15) is 35.1 Å². The van der Waals surface area contributed by atoms with Crippen LogP contribution in [0.25, 0.3) is 0 Å². The van der Waals surface area contributed by atoms with E-state index in [4.69, 9.17) is 14.2 Å². The number of allylic oxidation sites excluding steroid dienone is 13. The average Bonchev–Trinajstić information content (AvgIpc) is 3.33. The van der Waals surface area contributed by atoms with Crippen LogP contribution in [0.1, 0.15) is 201 Å². The average molecular weight is 956 g/mol. The van der Waals surface area contributed by atoms with Crippen LogP contribution in [-0.4, -0.2) is 99.6 Å². The smallest absolute Gasteiger partial charge is 0.306 e. The number of hydrogen-bond donors (Lipinski definition) is 6. The molecule has 0 aromatic carbocycles. The third-order valence-corrected chi connectivity index (χ3v) is 12.1. The molecule has 1 aliphatic heterocycles. The van der Waals surface area contributed by atoms with Gasteiger partial charge < -0.3 is 45.1 Å². The Morgan fingerprint density at radius 3 is 1.71 bits per heavy atom. The highest BCUT2D eigenvalue weighted by atomic mass is 16.7. The van der Waals surface area contributed by atoms with Crippen molar-refractivity contribution < 1.29 is 49.3 Å². The Morgan fingerprint density at radius 1 is 0.603 bits per heavy atom. The van der Waals surface area contributed by atoms with Crippen molar-refractivity contribution in [2.45, 2.75) is 250 Å². The fourth-order valence-corrected chi connectivity index (χ4v) is 7.83. The summed E-state index contributed by atoms with van der Waals surface area (Å²) in [5.41, 5.74) is 0. The maximum absolute atomic E-state index is 13.3. The van der Waals surface area contributed by atoms with Gasteiger partial charge in [0.1, 0.15) is 24.4 Å². The molecule has 1 fully saturated rings. The van der Waals surface area contributed by atoms with Crippen molar-refractivity contribution >= 4 is 11.9 Å². The SMILES string of the molecule is CC/C=C/C=C/C=C/C=C\CCCCCCC(O)C(=O)NC(COC1OC(CO)C(O)C(O)C1OC(=O)CC/C=C/C/C=C\CCCCCCCC)C(O)/C=C/CCCCCCCCCCCC. The molecule has 8 unspecified atom stereocenters. The van der Waals surface area contributed by atoms with Crippen LogP contribution in [0, 0.1) is 0 Å². The van der Waals surface area contributed by atoms with Crippen molar-refractivity contribution in [3.8, 4) is 0 Å². The zero-order chi connectivity index (χ0) is 49.7. The molecule has 1 saturated heterocycles. The second-order valence-electron chi connectivity index (χ2n) is 18.3. The lowest BCUT2D eigenvalue weighted by molar-refractivity contribution is -0.305. The Hall–Kier alpha value is -3.16. The zero-order valence-electron chi connectivity index (χ0n) is 42.7. The number of nitrogens with one attached hydrogen (secondary N) is 1. The second-order valence-corrected chi connectivity index (χ2v) is 18.3. The van der Waals surface area contributed by atoms with Crippen LogP contribution in [0.15, 0.2) is 85.1 Å². The van der Waals surface area contributed by atoms with Gasteiger partial charge in [-0.05, 0) is 64.2 Å². The monoisotopic (exact) mass is 956 g/mol. The van der Waals surface area contributed by atoms with Crippen molar-refractivity contribution in [3.05, 3.63) is 85.1 Å². The fourth-order valence-electron chi connectivity index (χ4n) is 7.83. The number of esters is 1. The molecule has 0 aromatic rings. The lowest BCUT2D eigenvalue weighted by atomic mass is 9.99. The first-order valence-electron chi connectivity index (χ1n) is 26.9. The lowest BCUT2D eigenvalue weighted by Crippen LogP contribution is -2.61. The van der Waals surface area contributed by atoms with E-state index in [1.807, 2.05) is 54.7 Å². The first kappa shape index (κ1) is 62.9. The number of carbonyl (C=O) groups is 2. The molecule has 0 aromatic heterocycles. The number of carbonyl (C=O) groups excluding carboxylic acids is 2. The van der Waals surface area contributed by atoms with E-state index < -0.39 is 67.4 Å². The fraction of sp³-hybridized carbons (Fsp3) is 0.719. The molecule has 390 valence electrons. The summed E-state index contributed by atoms with van der Waals surface area (Å²) in [6.45, 7) is 5.55. The highest BCUT2D eigenvalue weighted by Crippen LogP contribution is 2.26. The van der Waals surface area contributed by atoms with Gasteiger partial charge in [0.25, 0.3) is 0 Å². The number of unbranched alkanes of at least 4 members (excludes halogenated alkanes) is 20. The van der Waals surface area contributed by atoms with Gasteiger partial charge in [0, 0.05) is 6.42 Å². The van der Waals surface area contributed by atoms with E-state index >= 15 is 0 Å². The van der Waals surface area contributed by atoms with Gasteiger partial charge in [-0.3, -0.25) is 9.59 Å². The summed E-state index contributed by atoms with van der Waals surface area (Å²) in [7, 11) is 0. The minimum absolute atomic E-state index is 0.0108.